The van der Waals surface area contributed by atoms with Crippen molar-refractivity contribution in [2.75, 3.05) is 0 Å². The number of aromatic carboxylic acids is 1. The standard InChI is InChI=1S/C10H3F6NO2/c11-9(12,13)6-1-4(3-17)5(8(18)19)2-7(6)10(14,15)16/h1-2H,(H,18,19). The lowest BCUT2D eigenvalue weighted by Gasteiger charge is -2.16. The molecule has 0 unspecified atom stereocenters. The summed E-state index contributed by atoms with van der Waals surface area (Å²) in [5.41, 5.74) is -6.37. The Morgan fingerprint density at radius 2 is 1.47 bits per heavy atom. The number of alkyl halides is 6. The molecular weight excluding hydrogens is 280 g/mol. The zero-order valence-electron chi connectivity index (χ0n) is 8.73. The van der Waals surface area contributed by atoms with Crippen molar-refractivity contribution in [2.24, 2.45) is 0 Å². The molecule has 0 bridgehead atoms. The summed E-state index contributed by atoms with van der Waals surface area (Å²) in [4.78, 5) is 10.6. The molecule has 0 amide bonds. The van der Waals surface area contributed by atoms with Gasteiger partial charge in [-0.05, 0) is 12.1 Å². The van der Waals surface area contributed by atoms with Crippen LogP contribution >= 0.6 is 0 Å². The van der Waals surface area contributed by atoms with Gasteiger partial charge in [-0.15, -0.1) is 0 Å². The van der Waals surface area contributed by atoms with E-state index < -0.39 is 40.6 Å². The van der Waals surface area contributed by atoms with E-state index in [9.17, 15) is 31.1 Å². The highest BCUT2D eigenvalue weighted by molar-refractivity contribution is 5.91. The monoisotopic (exact) mass is 283 g/mol. The molecule has 19 heavy (non-hydrogen) atoms. The number of nitrogens with zero attached hydrogens (tertiary/aromatic N) is 1. The van der Waals surface area contributed by atoms with E-state index in [1.165, 1.54) is 0 Å². The van der Waals surface area contributed by atoms with Crippen LogP contribution in [0.3, 0.4) is 0 Å². The van der Waals surface area contributed by atoms with Crippen molar-refractivity contribution in [3.05, 3.63) is 34.4 Å². The Hall–Kier alpha value is -2.24. The molecule has 0 atom stereocenters. The molecule has 0 fully saturated rings. The molecule has 0 aromatic heterocycles. The van der Waals surface area contributed by atoms with Crippen molar-refractivity contribution in [2.45, 2.75) is 12.4 Å². The minimum absolute atomic E-state index is 0.119. The summed E-state index contributed by atoms with van der Waals surface area (Å²) in [7, 11) is 0. The van der Waals surface area contributed by atoms with E-state index >= 15 is 0 Å². The van der Waals surface area contributed by atoms with E-state index in [0.29, 0.717) is 0 Å². The summed E-state index contributed by atoms with van der Waals surface area (Å²) >= 11 is 0. The molecule has 1 N–H and O–H groups in total. The molecule has 3 nitrogen and oxygen atoms in total. The average molecular weight is 283 g/mol. The van der Waals surface area contributed by atoms with Gasteiger partial charge in [0.15, 0.2) is 0 Å². The maximum absolute atomic E-state index is 12.5. The molecule has 0 aliphatic rings. The first-order valence-electron chi connectivity index (χ1n) is 4.44. The molecule has 0 aliphatic heterocycles. The third kappa shape index (κ3) is 2.96. The number of benzene rings is 1. The van der Waals surface area contributed by atoms with Crippen LogP contribution in [-0.4, -0.2) is 11.1 Å². The molecule has 0 aliphatic carbocycles. The second-order valence-corrected chi connectivity index (χ2v) is 3.36. The van der Waals surface area contributed by atoms with Gasteiger partial charge in [-0.2, -0.15) is 31.6 Å². The molecule has 1 rings (SSSR count). The number of hydrogen-bond acceptors (Lipinski definition) is 2. The Morgan fingerprint density at radius 3 is 1.79 bits per heavy atom. The van der Waals surface area contributed by atoms with E-state index in [2.05, 4.69) is 0 Å². The van der Waals surface area contributed by atoms with Gasteiger partial charge in [0.2, 0.25) is 0 Å². The van der Waals surface area contributed by atoms with Gasteiger partial charge in [-0.25, -0.2) is 4.79 Å². The SMILES string of the molecule is N#Cc1cc(C(F)(F)F)c(C(F)(F)F)cc1C(=O)O. The van der Waals surface area contributed by atoms with Crippen LogP contribution in [0.4, 0.5) is 26.3 Å². The number of nitriles is 1. The molecule has 0 heterocycles. The highest BCUT2D eigenvalue weighted by atomic mass is 19.4. The first kappa shape index (κ1) is 14.8. The number of hydrogen-bond donors (Lipinski definition) is 1. The molecule has 0 saturated heterocycles. The van der Waals surface area contributed by atoms with Gasteiger partial charge in [-0.1, -0.05) is 0 Å². The molecular formula is C10H3F6NO2. The number of carbonyl (C=O) groups is 1. The number of carboxylic acids is 1. The average Bonchev–Trinajstić information content (AvgIpc) is 2.24. The largest absolute Gasteiger partial charge is 0.478 e. The van der Waals surface area contributed by atoms with Crippen LogP contribution in [0.25, 0.3) is 0 Å². The van der Waals surface area contributed by atoms with Crippen LogP contribution in [0.15, 0.2) is 12.1 Å². The van der Waals surface area contributed by atoms with Crippen LogP contribution in [0, 0.1) is 11.3 Å². The minimum Gasteiger partial charge on any atom is -0.478 e. The lowest BCUT2D eigenvalue weighted by molar-refractivity contribution is -0.162. The predicted molar refractivity (Wildman–Crippen MR) is 48.1 cm³/mol. The summed E-state index contributed by atoms with van der Waals surface area (Å²) in [5, 5.41) is 17.1. The van der Waals surface area contributed by atoms with E-state index in [4.69, 9.17) is 10.4 Å². The highest BCUT2D eigenvalue weighted by Crippen LogP contribution is 2.41. The van der Waals surface area contributed by atoms with E-state index in [1.54, 1.807) is 0 Å². The summed E-state index contributed by atoms with van der Waals surface area (Å²) in [6.07, 6.45) is -10.7. The van der Waals surface area contributed by atoms with Gasteiger partial charge in [0, 0.05) is 0 Å². The fraction of sp³-hybridized carbons (Fsp3) is 0.200. The molecule has 9 heteroatoms. The van der Waals surface area contributed by atoms with Crippen molar-refractivity contribution in [1.29, 1.82) is 5.26 Å². The second kappa shape index (κ2) is 4.46. The summed E-state index contributed by atoms with van der Waals surface area (Å²) in [6.45, 7) is 0. The van der Waals surface area contributed by atoms with Crippen LogP contribution in [0.2, 0.25) is 0 Å². The maximum Gasteiger partial charge on any atom is 0.417 e. The minimum atomic E-state index is -5.39. The van der Waals surface area contributed by atoms with Crippen molar-refractivity contribution >= 4 is 5.97 Å². The Bertz CT molecular complexity index is 567. The Balaban J connectivity index is 3.75. The first-order valence-corrected chi connectivity index (χ1v) is 4.44. The van der Waals surface area contributed by atoms with Crippen LogP contribution in [0.1, 0.15) is 27.0 Å². The van der Waals surface area contributed by atoms with Crippen molar-refractivity contribution < 1.29 is 36.2 Å². The topological polar surface area (TPSA) is 61.1 Å². The third-order valence-electron chi connectivity index (χ3n) is 2.12. The third-order valence-corrected chi connectivity index (χ3v) is 2.12. The predicted octanol–water partition coefficient (Wildman–Crippen LogP) is 3.29. The number of carboxylic acid groups (broad SMARTS) is 1. The Labute approximate surface area is 101 Å². The van der Waals surface area contributed by atoms with Gasteiger partial charge in [0.05, 0.1) is 22.3 Å². The number of rotatable bonds is 1. The fourth-order valence-corrected chi connectivity index (χ4v) is 1.34. The fourth-order valence-electron chi connectivity index (χ4n) is 1.34. The van der Waals surface area contributed by atoms with Crippen molar-refractivity contribution in [1.82, 2.24) is 0 Å². The Kier molecular flexibility index (Phi) is 3.48. The van der Waals surface area contributed by atoms with E-state index in [-0.39, 0.29) is 12.1 Å². The summed E-state index contributed by atoms with van der Waals surface area (Å²) in [6, 6.07) is 0.810. The quantitative estimate of drug-likeness (QED) is 0.804. The molecule has 102 valence electrons. The molecule has 1 aromatic rings. The van der Waals surface area contributed by atoms with Crippen molar-refractivity contribution in [3.63, 3.8) is 0 Å². The highest BCUT2D eigenvalue weighted by Gasteiger charge is 2.44. The smallest absolute Gasteiger partial charge is 0.417 e. The van der Waals surface area contributed by atoms with Gasteiger partial charge < -0.3 is 5.11 Å². The van der Waals surface area contributed by atoms with E-state index in [1.807, 2.05) is 0 Å². The van der Waals surface area contributed by atoms with Gasteiger partial charge in [0.25, 0.3) is 0 Å². The zero-order chi connectivity index (χ0) is 15.0. The first-order chi connectivity index (χ1) is 8.48. The molecule has 0 spiro atoms. The second-order valence-electron chi connectivity index (χ2n) is 3.36. The lowest BCUT2D eigenvalue weighted by atomic mass is 9.98. The van der Waals surface area contributed by atoms with Crippen LogP contribution < -0.4 is 0 Å². The Morgan fingerprint density at radius 1 is 1.05 bits per heavy atom. The molecule has 1 aromatic carbocycles. The number of halogens is 6. The molecule has 0 saturated carbocycles. The zero-order valence-corrected chi connectivity index (χ0v) is 8.73. The lowest BCUT2D eigenvalue weighted by Crippen LogP contribution is -2.18. The summed E-state index contributed by atoms with van der Waals surface area (Å²) in [5.74, 6) is -1.92. The maximum atomic E-state index is 12.5. The van der Waals surface area contributed by atoms with Crippen LogP contribution in [0.5, 0.6) is 0 Å². The van der Waals surface area contributed by atoms with Gasteiger partial charge in [-0.3, -0.25) is 0 Å². The van der Waals surface area contributed by atoms with Gasteiger partial charge in [0.1, 0.15) is 6.07 Å². The summed E-state index contributed by atoms with van der Waals surface area (Å²) < 4.78 is 74.9. The van der Waals surface area contributed by atoms with Gasteiger partial charge >= 0.3 is 18.3 Å². The van der Waals surface area contributed by atoms with Crippen LogP contribution in [-0.2, 0) is 12.4 Å². The molecule has 0 radical (unpaired) electrons. The normalized spacial score (nSPS) is 12.1. The van der Waals surface area contributed by atoms with E-state index in [0.717, 1.165) is 6.07 Å². The van der Waals surface area contributed by atoms with Crippen molar-refractivity contribution in [3.8, 4) is 6.07 Å².